The molecule has 1 nitrogen and oxygen atoms in total. The molecule has 0 aliphatic heterocycles. The van der Waals surface area contributed by atoms with Crippen LogP contribution < -0.4 is 5.73 Å². The van der Waals surface area contributed by atoms with Gasteiger partial charge in [-0.05, 0) is 140 Å². The van der Waals surface area contributed by atoms with E-state index in [0.717, 1.165) is 25.7 Å². The third-order valence-electron chi connectivity index (χ3n) is 13.1. The molecule has 0 bridgehead atoms. The number of aryl methyl sites for hydroxylation is 1. The van der Waals surface area contributed by atoms with E-state index in [1.165, 1.54) is 94.7 Å². The van der Waals surface area contributed by atoms with Gasteiger partial charge < -0.3 is 5.73 Å². The van der Waals surface area contributed by atoms with Crippen LogP contribution in [-0.4, -0.2) is 0 Å². The van der Waals surface area contributed by atoms with Gasteiger partial charge in [0.15, 0.2) is 0 Å². The van der Waals surface area contributed by atoms with E-state index in [2.05, 4.69) is 199 Å². The minimum absolute atomic E-state index is 0.0395. The van der Waals surface area contributed by atoms with Gasteiger partial charge in [-0.1, -0.05) is 208 Å². The summed E-state index contributed by atoms with van der Waals surface area (Å²) in [6.07, 6.45) is 9.81. The maximum atomic E-state index is 5.42. The predicted molar refractivity (Wildman–Crippen MR) is 269 cm³/mol. The quantitative estimate of drug-likeness (QED) is 0.0969. The number of hydrogen-bond donors (Lipinski definition) is 1. The molecule has 2 aliphatic rings. The van der Waals surface area contributed by atoms with Crippen molar-refractivity contribution in [3.05, 3.63) is 227 Å². The zero-order valence-electron chi connectivity index (χ0n) is 37.3. The molecule has 0 aromatic heterocycles. The lowest BCUT2D eigenvalue weighted by atomic mass is 9.76. The summed E-state index contributed by atoms with van der Waals surface area (Å²) in [6.45, 7) is 16.0. The standard InChI is InChI=1S/C33H28.C20H22.C8H11N/c1-20-16-17-28-25(22-11-5-4-10-21(20)22)18-19-29-30-26-14-8-6-12-23(26)24-13-7-9-15-27(24)32(30)33(2,3)31(28)29;1-3-4-6-9-17(2)16-18-12-14-20(15-13-18)19-10-7-5-8-11-19;1-7-3-2-4-8(5-7)6-9/h4-15,18-20H,16-17H2,1-3H3;3,5,7-15H,1,4,6,16H2,2H3;2-5H,6,9H2,1H3/b;17-9+;. The first-order valence-corrected chi connectivity index (χ1v) is 22.6. The lowest BCUT2D eigenvalue weighted by Gasteiger charge is -2.27. The van der Waals surface area contributed by atoms with Gasteiger partial charge in [0.1, 0.15) is 0 Å². The largest absolute Gasteiger partial charge is 0.326 e. The highest BCUT2D eigenvalue weighted by atomic mass is 14.5. The molecule has 1 atom stereocenters. The van der Waals surface area contributed by atoms with Crippen LogP contribution in [0.1, 0.15) is 91.8 Å². The molecule has 0 heterocycles. The third kappa shape index (κ3) is 8.61. The van der Waals surface area contributed by atoms with Crippen molar-refractivity contribution in [2.75, 3.05) is 0 Å². The first-order valence-electron chi connectivity index (χ1n) is 22.6. The number of allylic oxidation sites excluding steroid dienone is 3. The predicted octanol–water partition coefficient (Wildman–Crippen LogP) is 16.3. The molecule has 1 unspecified atom stereocenters. The number of fused-ring (bicyclic) bond motifs is 12. The number of benzene rings is 8. The van der Waals surface area contributed by atoms with Crippen molar-refractivity contribution < 1.29 is 0 Å². The van der Waals surface area contributed by atoms with Gasteiger partial charge in [0.05, 0.1) is 0 Å². The molecule has 0 radical (unpaired) electrons. The van der Waals surface area contributed by atoms with Crippen LogP contribution >= 0.6 is 0 Å². The molecule has 0 saturated heterocycles. The van der Waals surface area contributed by atoms with Crippen molar-refractivity contribution in [3.8, 4) is 33.4 Å². The summed E-state index contributed by atoms with van der Waals surface area (Å²) in [7, 11) is 0. The Morgan fingerprint density at radius 1 is 0.629 bits per heavy atom. The van der Waals surface area contributed by atoms with E-state index in [1.54, 1.807) is 11.1 Å². The Morgan fingerprint density at radius 2 is 1.26 bits per heavy atom. The smallest absolute Gasteiger partial charge is 0.0178 e. The molecule has 8 aromatic carbocycles. The van der Waals surface area contributed by atoms with Crippen molar-refractivity contribution in [2.24, 2.45) is 5.73 Å². The Labute approximate surface area is 370 Å². The Balaban J connectivity index is 0.000000154. The topological polar surface area (TPSA) is 26.0 Å². The van der Waals surface area contributed by atoms with Crippen LogP contribution in [0.15, 0.2) is 188 Å². The van der Waals surface area contributed by atoms with Crippen molar-refractivity contribution in [2.45, 2.75) is 84.6 Å². The molecule has 8 aromatic rings. The highest BCUT2D eigenvalue weighted by Gasteiger charge is 2.41. The van der Waals surface area contributed by atoms with Crippen LogP contribution in [0.2, 0.25) is 0 Å². The lowest BCUT2D eigenvalue weighted by molar-refractivity contribution is 0.640. The fraction of sp³-hybridized carbons (Fsp3) is 0.213. The van der Waals surface area contributed by atoms with Crippen LogP contribution in [0.3, 0.4) is 0 Å². The van der Waals surface area contributed by atoms with Crippen molar-refractivity contribution in [3.63, 3.8) is 0 Å². The van der Waals surface area contributed by atoms with E-state index in [4.69, 9.17) is 5.73 Å². The van der Waals surface area contributed by atoms with Crippen LogP contribution in [0, 0.1) is 6.92 Å². The second kappa shape index (κ2) is 18.8. The van der Waals surface area contributed by atoms with Crippen molar-refractivity contribution in [1.82, 2.24) is 0 Å². The number of unbranched alkanes of at least 4 members (excludes halogenated alkanes) is 1. The Bertz CT molecular complexity index is 2870. The fourth-order valence-corrected chi connectivity index (χ4v) is 10.1. The average Bonchev–Trinajstić information content (AvgIpc) is 3.46. The van der Waals surface area contributed by atoms with Crippen LogP contribution in [0.4, 0.5) is 0 Å². The molecule has 2 aliphatic carbocycles. The molecule has 1 heteroatoms. The summed E-state index contributed by atoms with van der Waals surface area (Å²) in [4.78, 5) is 0. The summed E-state index contributed by atoms with van der Waals surface area (Å²) in [5.74, 6) is 0.581. The maximum absolute atomic E-state index is 5.42. The van der Waals surface area contributed by atoms with E-state index in [-0.39, 0.29) is 5.41 Å². The maximum Gasteiger partial charge on any atom is 0.0178 e. The number of rotatable bonds is 7. The zero-order chi connectivity index (χ0) is 43.2. The molecular weight excluding hydrogens is 747 g/mol. The fourth-order valence-electron chi connectivity index (χ4n) is 10.1. The van der Waals surface area contributed by atoms with E-state index in [9.17, 15) is 0 Å². The zero-order valence-corrected chi connectivity index (χ0v) is 37.3. The molecule has 0 amide bonds. The monoisotopic (exact) mass is 807 g/mol. The van der Waals surface area contributed by atoms with Crippen LogP contribution in [-0.2, 0) is 24.8 Å². The first-order chi connectivity index (χ1) is 30.2. The van der Waals surface area contributed by atoms with E-state index < -0.39 is 0 Å². The van der Waals surface area contributed by atoms with Gasteiger partial charge in [-0.15, -0.1) is 6.58 Å². The molecule has 0 spiro atoms. The number of nitrogens with two attached hydrogens (primary N) is 1. The lowest BCUT2D eigenvalue weighted by Crippen LogP contribution is -2.18. The SMILES string of the molecule is C=CCC/C=C(\C)Cc1ccc(-c2ccccc2)cc1.CC1CCc2c(ccc3c2C(C)(C)c2c-3c3ccccc3c3ccccc23)-c2ccccc21.Cc1cccc(CN)c1. The minimum Gasteiger partial charge on any atom is -0.326 e. The molecule has 310 valence electrons. The molecule has 0 saturated carbocycles. The second-order valence-electron chi connectivity index (χ2n) is 17.9. The molecular formula is C61H61N. The summed E-state index contributed by atoms with van der Waals surface area (Å²) in [6, 6.07) is 59.6. The number of hydrogen-bond acceptors (Lipinski definition) is 1. The first kappa shape index (κ1) is 42.4. The summed E-state index contributed by atoms with van der Waals surface area (Å²) in [5, 5.41) is 5.53. The van der Waals surface area contributed by atoms with E-state index >= 15 is 0 Å². The molecule has 10 rings (SSSR count). The van der Waals surface area contributed by atoms with Crippen LogP contribution in [0.5, 0.6) is 0 Å². The highest BCUT2D eigenvalue weighted by molar-refractivity contribution is 6.18. The minimum atomic E-state index is -0.0395. The second-order valence-corrected chi connectivity index (χ2v) is 17.9. The van der Waals surface area contributed by atoms with Crippen molar-refractivity contribution in [1.29, 1.82) is 0 Å². The average molecular weight is 808 g/mol. The Hall–Kier alpha value is -6.28. The van der Waals surface area contributed by atoms with Crippen LogP contribution in [0.25, 0.3) is 54.9 Å². The summed E-state index contributed by atoms with van der Waals surface area (Å²) >= 11 is 0. The van der Waals surface area contributed by atoms with Gasteiger partial charge >= 0.3 is 0 Å². The van der Waals surface area contributed by atoms with Gasteiger partial charge in [-0.3, -0.25) is 0 Å². The normalized spacial score (nSPS) is 14.5. The summed E-state index contributed by atoms with van der Waals surface area (Å²) in [5.41, 5.74) is 25.1. The molecule has 2 N–H and O–H groups in total. The third-order valence-corrected chi connectivity index (χ3v) is 13.1. The molecule has 62 heavy (non-hydrogen) atoms. The van der Waals surface area contributed by atoms with E-state index in [0.29, 0.717) is 12.5 Å². The Morgan fingerprint density at radius 3 is 1.95 bits per heavy atom. The van der Waals surface area contributed by atoms with Gasteiger partial charge in [-0.2, -0.15) is 0 Å². The highest BCUT2D eigenvalue weighted by Crippen LogP contribution is 2.57. The van der Waals surface area contributed by atoms with E-state index in [1.807, 2.05) is 18.2 Å². The van der Waals surface area contributed by atoms with Gasteiger partial charge in [0.25, 0.3) is 0 Å². The van der Waals surface area contributed by atoms with Crippen molar-refractivity contribution >= 4 is 21.5 Å². The Kier molecular flexibility index (Phi) is 12.8. The summed E-state index contributed by atoms with van der Waals surface area (Å²) < 4.78 is 0. The van der Waals surface area contributed by atoms with Gasteiger partial charge in [0.2, 0.25) is 0 Å². The molecule has 0 fully saturated rings. The van der Waals surface area contributed by atoms with Gasteiger partial charge in [-0.25, -0.2) is 0 Å². The van der Waals surface area contributed by atoms with Gasteiger partial charge in [0, 0.05) is 12.0 Å².